The van der Waals surface area contributed by atoms with Gasteiger partial charge in [0.15, 0.2) is 5.76 Å². The van der Waals surface area contributed by atoms with Gasteiger partial charge in [0.2, 0.25) is 0 Å². The molecule has 6 heteroatoms. The van der Waals surface area contributed by atoms with Crippen LogP contribution in [0, 0.1) is 0 Å². The Kier molecular flexibility index (Phi) is 5.22. The normalized spacial score (nSPS) is 10.6. The first-order chi connectivity index (χ1) is 10.1. The van der Waals surface area contributed by atoms with Crippen LogP contribution < -0.4 is 5.32 Å². The van der Waals surface area contributed by atoms with Crippen LogP contribution in [0.1, 0.15) is 30.3 Å². The van der Waals surface area contributed by atoms with Gasteiger partial charge < -0.3 is 14.5 Å². The number of benzene rings is 1. The minimum atomic E-state index is -0.314. The highest BCUT2D eigenvalue weighted by Gasteiger charge is 2.12. The van der Waals surface area contributed by atoms with Crippen LogP contribution in [0.15, 0.2) is 28.7 Å². The smallest absolute Gasteiger partial charge is 0.305 e. The van der Waals surface area contributed by atoms with E-state index >= 15 is 0 Å². The Labute approximate surface area is 127 Å². The third-order valence-electron chi connectivity index (χ3n) is 2.85. The van der Waals surface area contributed by atoms with Crippen molar-refractivity contribution in [1.29, 1.82) is 0 Å². The number of nitrogens with one attached hydrogen (secondary N) is 1. The van der Waals surface area contributed by atoms with Crippen LogP contribution in [0.2, 0.25) is 5.02 Å². The number of amides is 1. The predicted octanol–water partition coefficient (Wildman–Crippen LogP) is 3.16. The van der Waals surface area contributed by atoms with E-state index in [-0.39, 0.29) is 24.1 Å². The van der Waals surface area contributed by atoms with Gasteiger partial charge in [-0.3, -0.25) is 9.59 Å². The first kappa shape index (κ1) is 15.4. The Morgan fingerprint density at radius 1 is 1.33 bits per heavy atom. The molecular formula is C15H16ClNO4. The fourth-order valence-corrected chi connectivity index (χ4v) is 2.06. The van der Waals surface area contributed by atoms with E-state index in [0.29, 0.717) is 30.2 Å². The van der Waals surface area contributed by atoms with E-state index in [1.165, 1.54) is 0 Å². The molecule has 0 atom stereocenters. The molecule has 1 amide bonds. The summed E-state index contributed by atoms with van der Waals surface area (Å²) >= 11 is 5.88. The van der Waals surface area contributed by atoms with Gasteiger partial charge in [-0.15, -0.1) is 0 Å². The number of hydrogen-bond acceptors (Lipinski definition) is 4. The van der Waals surface area contributed by atoms with Crippen molar-refractivity contribution in [1.82, 2.24) is 5.32 Å². The fraction of sp³-hybridized carbons (Fsp3) is 0.333. The lowest BCUT2D eigenvalue weighted by Crippen LogP contribution is -2.24. The van der Waals surface area contributed by atoms with Gasteiger partial charge in [-0.05, 0) is 37.6 Å². The molecular weight excluding hydrogens is 294 g/mol. The Morgan fingerprint density at radius 2 is 2.14 bits per heavy atom. The summed E-state index contributed by atoms with van der Waals surface area (Å²) in [6, 6.07) is 6.80. The molecule has 1 N–H and O–H groups in total. The SMILES string of the molecule is CCOC(=O)CCCNC(=O)c1cc2cc(Cl)ccc2o1. The third kappa shape index (κ3) is 4.23. The second kappa shape index (κ2) is 7.13. The van der Waals surface area contributed by atoms with Crippen LogP contribution in [0.4, 0.5) is 0 Å². The highest BCUT2D eigenvalue weighted by Crippen LogP contribution is 2.22. The number of rotatable bonds is 6. The predicted molar refractivity (Wildman–Crippen MR) is 79.4 cm³/mol. The van der Waals surface area contributed by atoms with Gasteiger partial charge in [-0.2, -0.15) is 0 Å². The van der Waals surface area contributed by atoms with E-state index in [1.54, 1.807) is 31.2 Å². The largest absolute Gasteiger partial charge is 0.466 e. The maximum absolute atomic E-state index is 11.9. The number of halogens is 1. The molecule has 0 aliphatic rings. The quantitative estimate of drug-likeness (QED) is 0.657. The van der Waals surface area contributed by atoms with Crippen molar-refractivity contribution >= 4 is 34.4 Å². The summed E-state index contributed by atoms with van der Waals surface area (Å²) in [6.45, 7) is 2.51. The summed E-state index contributed by atoms with van der Waals surface area (Å²) in [5.41, 5.74) is 0.607. The minimum Gasteiger partial charge on any atom is -0.466 e. The molecule has 21 heavy (non-hydrogen) atoms. The molecule has 0 saturated heterocycles. The van der Waals surface area contributed by atoms with E-state index in [0.717, 1.165) is 5.39 Å². The summed E-state index contributed by atoms with van der Waals surface area (Å²) in [4.78, 5) is 23.1. The van der Waals surface area contributed by atoms with E-state index in [1.807, 2.05) is 0 Å². The molecule has 1 heterocycles. The highest BCUT2D eigenvalue weighted by atomic mass is 35.5. The second-order valence-corrected chi connectivity index (χ2v) is 4.89. The van der Waals surface area contributed by atoms with Gasteiger partial charge in [0.25, 0.3) is 5.91 Å². The number of carbonyl (C=O) groups excluding carboxylic acids is 2. The lowest BCUT2D eigenvalue weighted by Gasteiger charge is -2.03. The third-order valence-corrected chi connectivity index (χ3v) is 3.09. The topological polar surface area (TPSA) is 68.5 Å². The summed E-state index contributed by atoms with van der Waals surface area (Å²) < 4.78 is 10.2. The van der Waals surface area contributed by atoms with Crippen molar-refractivity contribution in [2.75, 3.05) is 13.2 Å². The number of carbonyl (C=O) groups is 2. The van der Waals surface area contributed by atoms with Crippen molar-refractivity contribution in [3.63, 3.8) is 0 Å². The minimum absolute atomic E-state index is 0.225. The van der Waals surface area contributed by atoms with Crippen molar-refractivity contribution in [2.24, 2.45) is 0 Å². The molecule has 0 bridgehead atoms. The summed E-state index contributed by atoms with van der Waals surface area (Å²) in [5.74, 6) is -0.347. The lowest BCUT2D eigenvalue weighted by atomic mass is 10.2. The average Bonchev–Trinajstić information content (AvgIpc) is 2.86. The number of ether oxygens (including phenoxy) is 1. The monoisotopic (exact) mass is 309 g/mol. The molecule has 5 nitrogen and oxygen atoms in total. The average molecular weight is 310 g/mol. The standard InChI is InChI=1S/C15H16ClNO4/c1-2-20-14(18)4-3-7-17-15(19)13-9-10-8-11(16)5-6-12(10)21-13/h5-6,8-9H,2-4,7H2,1H3,(H,17,19). The summed E-state index contributed by atoms with van der Waals surface area (Å²) in [5, 5.41) is 4.06. The first-order valence-electron chi connectivity index (χ1n) is 6.73. The second-order valence-electron chi connectivity index (χ2n) is 4.46. The number of esters is 1. The molecule has 112 valence electrons. The van der Waals surface area contributed by atoms with E-state index in [2.05, 4.69) is 5.32 Å². The van der Waals surface area contributed by atoms with E-state index < -0.39 is 0 Å². The van der Waals surface area contributed by atoms with Gasteiger partial charge >= 0.3 is 5.97 Å². The van der Waals surface area contributed by atoms with Crippen LogP contribution in [0.3, 0.4) is 0 Å². The van der Waals surface area contributed by atoms with Gasteiger partial charge in [0.05, 0.1) is 6.61 Å². The Bertz CT molecular complexity index is 650. The van der Waals surface area contributed by atoms with Gasteiger partial charge in [-0.1, -0.05) is 11.6 Å². The van der Waals surface area contributed by atoms with Crippen LogP contribution in [-0.2, 0) is 9.53 Å². The molecule has 0 aliphatic carbocycles. The van der Waals surface area contributed by atoms with Crippen molar-refractivity contribution < 1.29 is 18.7 Å². The molecule has 1 aromatic heterocycles. The zero-order chi connectivity index (χ0) is 15.2. The van der Waals surface area contributed by atoms with Crippen molar-refractivity contribution in [2.45, 2.75) is 19.8 Å². The number of fused-ring (bicyclic) bond motifs is 1. The molecule has 1 aromatic carbocycles. The Morgan fingerprint density at radius 3 is 2.90 bits per heavy atom. The zero-order valence-corrected chi connectivity index (χ0v) is 12.4. The van der Waals surface area contributed by atoms with Crippen molar-refractivity contribution in [3.05, 3.63) is 35.0 Å². The number of hydrogen-bond donors (Lipinski definition) is 1. The van der Waals surface area contributed by atoms with Gasteiger partial charge in [0, 0.05) is 23.4 Å². The Hall–Kier alpha value is -2.01. The fourth-order valence-electron chi connectivity index (χ4n) is 1.88. The van der Waals surface area contributed by atoms with E-state index in [9.17, 15) is 9.59 Å². The summed E-state index contributed by atoms with van der Waals surface area (Å²) in [7, 11) is 0. The Balaban J connectivity index is 1.86. The van der Waals surface area contributed by atoms with Crippen LogP contribution in [0.5, 0.6) is 0 Å². The zero-order valence-electron chi connectivity index (χ0n) is 11.6. The first-order valence-corrected chi connectivity index (χ1v) is 7.11. The molecule has 2 rings (SSSR count). The van der Waals surface area contributed by atoms with Crippen molar-refractivity contribution in [3.8, 4) is 0 Å². The molecule has 0 radical (unpaired) electrons. The van der Waals surface area contributed by atoms with E-state index in [4.69, 9.17) is 20.8 Å². The van der Waals surface area contributed by atoms with Crippen LogP contribution >= 0.6 is 11.6 Å². The molecule has 0 aliphatic heterocycles. The molecule has 0 saturated carbocycles. The maximum Gasteiger partial charge on any atom is 0.305 e. The molecule has 0 spiro atoms. The summed E-state index contributed by atoms with van der Waals surface area (Å²) in [6.07, 6.45) is 0.806. The lowest BCUT2D eigenvalue weighted by molar-refractivity contribution is -0.143. The van der Waals surface area contributed by atoms with Gasteiger partial charge in [0.1, 0.15) is 5.58 Å². The molecule has 0 fully saturated rings. The molecule has 2 aromatic rings. The number of furan rings is 1. The maximum atomic E-state index is 11.9. The van der Waals surface area contributed by atoms with Gasteiger partial charge in [-0.25, -0.2) is 0 Å². The molecule has 0 unspecified atom stereocenters. The van der Waals surface area contributed by atoms with Crippen LogP contribution in [0.25, 0.3) is 11.0 Å². The van der Waals surface area contributed by atoms with Crippen LogP contribution in [-0.4, -0.2) is 25.0 Å². The highest BCUT2D eigenvalue weighted by molar-refractivity contribution is 6.31.